The fourth-order valence-electron chi connectivity index (χ4n) is 1.19. The topological polar surface area (TPSA) is 59.2 Å². The van der Waals surface area contributed by atoms with Gasteiger partial charge in [0.1, 0.15) is 11.6 Å². The van der Waals surface area contributed by atoms with Gasteiger partial charge in [-0.3, -0.25) is 0 Å². The Morgan fingerprint density at radius 3 is 2.93 bits per heavy atom. The molecule has 0 saturated carbocycles. The van der Waals surface area contributed by atoms with Crippen LogP contribution in [0.2, 0.25) is 0 Å². The second kappa shape index (κ2) is 3.68. The van der Waals surface area contributed by atoms with Gasteiger partial charge in [-0.05, 0) is 18.2 Å². The van der Waals surface area contributed by atoms with E-state index in [4.69, 9.17) is 4.52 Å². The molecule has 0 aliphatic heterocycles. The molecule has 15 heavy (non-hydrogen) atoms. The molecule has 0 bridgehead atoms. The maximum Gasteiger partial charge on any atom is 0.261 e. The number of nitrogens with zero attached hydrogens (tertiary/aromatic N) is 2. The number of hydrogen-bond acceptors (Lipinski definition) is 4. The van der Waals surface area contributed by atoms with Crippen molar-refractivity contribution in [2.45, 2.75) is 13.3 Å². The molecule has 0 radical (unpaired) electrons. The average molecular weight is 208 g/mol. The standard InChI is InChI=1S/C10H9FN2O2/c1-2-9-12-10(15-13-9)7-5-6(11)3-4-8(7)14/h3-5,14H,2H2,1H3. The SMILES string of the molecule is CCc1noc(-c2cc(F)ccc2O)n1. The van der Waals surface area contributed by atoms with Gasteiger partial charge in [-0.25, -0.2) is 4.39 Å². The van der Waals surface area contributed by atoms with Gasteiger partial charge < -0.3 is 9.63 Å². The Bertz CT molecular complexity index is 482. The Balaban J connectivity index is 2.48. The number of aromatic hydroxyl groups is 1. The molecule has 0 spiro atoms. The fraction of sp³-hybridized carbons (Fsp3) is 0.200. The van der Waals surface area contributed by atoms with E-state index in [-0.39, 0.29) is 17.2 Å². The zero-order chi connectivity index (χ0) is 10.8. The number of phenols is 1. The van der Waals surface area contributed by atoms with Gasteiger partial charge in [-0.2, -0.15) is 4.98 Å². The van der Waals surface area contributed by atoms with E-state index < -0.39 is 5.82 Å². The quantitative estimate of drug-likeness (QED) is 0.821. The Morgan fingerprint density at radius 1 is 1.47 bits per heavy atom. The lowest BCUT2D eigenvalue weighted by Gasteiger charge is -1.98. The minimum atomic E-state index is -0.459. The highest BCUT2D eigenvalue weighted by molar-refractivity contribution is 5.61. The van der Waals surface area contributed by atoms with Crippen LogP contribution in [-0.2, 0) is 6.42 Å². The highest BCUT2D eigenvalue weighted by atomic mass is 19.1. The molecule has 2 aromatic rings. The number of aryl methyl sites for hydroxylation is 1. The molecule has 0 aliphatic carbocycles. The minimum absolute atomic E-state index is 0.0808. The first-order valence-corrected chi connectivity index (χ1v) is 4.52. The lowest BCUT2D eigenvalue weighted by atomic mass is 10.2. The van der Waals surface area contributed by atoms with Crippen molar-refractivity contribution in [2.75, 3.05) is 0 Å². The molecular weight excluding hydrogens is 199 g/mol. The summed E-state index contributed by atoms with van der Waals surface area (Å²) < 4.78 is 17.8. The van der Waals surface area contributed by atoms with E-state index in [1.54, 1.807) is 0 Å². The first kappa shape index (κ1) is 9.64. The molecule has 0 fully saturated rings. The van der Waals surface area contributed by atoms with Crippen LogP contribution in [0.15, 0.2) is 22.7 Å². The van der Waals surface area contributed by atoms with Crippen LogP contribution in [0.3, 0.4) is 0 Å². The number of halogens is 1. The zero-order valence-electron chi connectivity index (χ0n) is 8.07. The van der Waals surface area contributed by atoms with Gasteiger partial charge in [0.2, 0.25) is 0 Å². The lowest BCUT2D eigenvalue weighted by Crippen LogP contribution is -1.84. The molecule has 0 unspecified atom stereocenters. The first-order chi connectivity index (χ1) is 7.20. The maximum atomic E-state index is 12.9. The average Bonchev–Trinajstić information content (AvgIpc) is 2.70. The fourth-order valence-corrected chi connectivity index (χ4v) is 1.19. The van der Waals surface area contributed by atoms with E-state index in [1.165, 1.54) is 6.07 Å². The van der Waals surface area contributed by atoms with E-state index in [9.17, 15) is 9.50 Å². The number of phenolic OH excluding ortho intramolecular Hbond substituents is 1. The summed E-state index contributed by atoms with van der Waals surface area (Å²) in [6.45, 7) is 1.88. The Kier molecular flexibility index (Phi) is 2.37. The van der Waals surface area contributed by atoms with Crippen LogP contribution in [0, 0.1) is 5.82 Å². The lowest BCUT2D eigenvalue weighted by molar-refractivity contribution is 0.417. The molecule has 0 amide bonds. The highest BCUT2D eigenvalue weighted by Crippen LogP contribution is 2.28. The largest absolute Gasteiger partial charge is 0.507 e. The number of benzene rings is 1. The van der Waals surface area contributed by atoms with E-state index in [2.05, 4.69) is 10.1 Å². The number of aromatic nitrogens is 2. The van der Waals surface area contributed by atoms with Gasteiger partial charge in [-0.15, -0.1) is 0 Å². The van der Waals surface area contributed by atoms with Crippen molar-refractivity contribution in [1.29, 1.82) is 0 Å². The van der Waals surface area contributed by atoms with Crippen LogP contribution in [0.1, 0.15) is 12.7 Å². The summed E-state index contributed by atoms with van der Waals surface area (Å²) in [5, 5.41) is 13.1. The van der Waals surface area contributed by atoms with Crippen molar-refractivity contribution >= 4 is 0 Å². The van der Waals surface area contributed by atoms with Crippen molar-refractivity contribution in [2.24, 2.45) is 0 Å². The van der Waals surface area contributed by atoms with Crippen molar-refractivity contribution in [3.05, 3.63) is 29.8 Å². The van der Waals surface area contributed by atoms with E-state index >= 15 is 0 Å². The summed E-state index contributed by atoms with van der Waals surface area (Å²) in [7, 11) is 0. The molecule has 0 atom stereocenters. The van der Waals surface area contributed by atoms with Gasteiger partial charge >= 0.3 is 0 Å². The molecular formula is C10H9FN2O2. The predicted molar refractivity (Wildman–Crippen MR) is 50.7 cm³/mol. The van der Waals surface area contributed by atoms with Crippen LogP contribution in [0.5, 0.6) is 5.75 Å². The van der Waals surface area contributed by atoms with Crippen LogP contribution in [0.4, 0.5) is 4.39 Å². The van der Waals surface area contributed by atoms with Gasteiger partial charge in [0.25, 0.3) is 5.89 Å². The number of hydrogen-bond donors (Lipinski definition) is 1. The van der Waals surface area contributed by atoms with Crippen molar-refractivity contribution in [3.8, 4) is 17.2 Å². The molecule has 1 aromatic heterocycles. The van der Waals surface area contributed by atoms with Crippen LogP contribution in [0.25, 0.3) is 11.5 Å². The molecule has 1 aromatic carbocycles. The third-order valence-electron chi connectivity index (χ3n) is 1.97. The summed E-state index contributed by atoms with van der Waals surface area (Å²) >= 11 is 0. The Hall–Kier alpha value is -1.91. The molecule has 1 N–H and O–H groups in total. The monoisotopic (exact) mass is 208 g/mol. The van der Waals surface area contributed by atoms with Crippen LogP contribution >= 0.6 is 0 Å². The number of rotatable bonds is 2. The highest BCUT2D eigenvalue weighted by Gasteiger charge is 2.12. The minimum Gasteiger partial charge on any atom is -0.507 e. The van der Waals surface area contributed by atoms with Gasteiger partial charge in [0.15, 0.2) is 5.82 Å². The van der Waals surface area contributed by atoms with E-state index in [0.717, 1.165) is 12.1 Å². The molecule has 0 saturated heterocycles. The summed E-state index contributed by atoms with van der Waals surface area (Å²) in [6, 6.07) is 3.57. The van der Waals surface area contributed by atoms with Gasteiger partial charge in [0, 0.05) is 6.42 Å². The second-order valence-electron chi connectivity index (χ2n) is 3.03. The summed E-state index contributed by atoms with van der Waals surface area (Å²) in [6.07, 6.45) is 0.625. The predicted octanol–water partition coefficient (Wildman–Crippen LogP) is 2.14. The van der Waals surface area contributed by atoms with Gasteiger partial charge in [0.05, 0.1) is 5.56 Å². The van der Waals surface area contributed by atoms with E-state index in [1.807, 2.05) is 6.92 Å². The normalized spacial score (nSPS) is 10.5. The van der Waals surface area contributed by atoms with Crippen LogP contribution < -0.4 is 0 Å². The molecule has 0 aliphatic rings. The maximum absolute atomic E-state index is 12.9. The second-order valence-corrected chi connectivity index (χ2v) is 3.03. The third-order valence-corrected chi connectivity index (χ3v) is 1.97. The summed E-state index contributed by atoms with van der Waals surface area (Å²) in [5.74, 6) is 0.110. The zero-order valence-corrected chi connectivity index (χ0v) is 8.07. The van der Waals surface area contributed by atoms with Crippen molar-refractivity contribution < 1.29 is 14.0 Å². The smallest absolute Gasteiger partial charge is 0.261 e. The van der Waals surface area contributed by atoms with E-state index in [0.29, 0.717) is 12.2 Å². The van der Waals surface area contributed by atoms with Crippen molar-refractivity contribution in [3.63, 3.8) is 0 Å². The first-order valence-electron chi connectivity index (χ1n) is 4.52. The molecule has 1 heterocycles. The summed E-state index contributed by atoms with van der Waals surface area (Å²) in [4.78, 5) is 4.00. The summed E-state index contributed by atoms with van der Waals surface area (Å²) in [5.41, 5.74) is 0.210. The van der Waals surface area contributed by atoms with Crippen LogP contribution in [-0.4, -0.2) is 15.2 Å². The Labute approximate surface area is 85.4 Å². The molecule has 5 heteroatoms. The van der Waals surface area contributed by atoms with Crippen molar-refractivity contribution in [1.82, 2.24) is 10.1 Å². The third kappa shape index (κ3) is 1.81. The molecule has 2 rings (SSSR count). The Morgan fingerprint density at radius 2 is 2.27 bits per heavy atom. The molecule has 4 nitrogen and oxygen atoms in total. The molecule has 78 valence electrons. The van der Waals surface area contributed by atoms with Gasteiger partial charge in [-0.1, -0.05) is 12.1 Å².